The van der Waals surface area contributed by atoms with Gasteiger partial charge in [-0.25, -0.2) is 0 Å². The van der Waals surface area contributed by atoms with E-state index in [0.29, 0.717) is 24.3 Å². The summed E-state index contributed by atoms with van der Waals surface area (Å²) in [5.74, 6) is 2.10. The number of benzene rings is 1. The molecule has 0 bridgehead atoms. The quantitative estimate of drug-likeness (QED) is 0.819. The fraction of sp³-hybridized carbons (Fsp3) is 0.533. The summed E-state index contributed by atoms with van der Waals surface area (Å²) in [5, 5.41) is 0. The van der Waals surface area contributed by atoms with Crippen LogP contribution >= 0.6 is 0 Å². The molecule has 3 nitrogen and oxygen atoms in total. The van der Waals surface area contributed by atoms with Crippen molar-refractivity contribution in [2.45, 2.75) is 38.6 Å². The van der Waals surface area contributed by atoms with Crippen molar-refractivity contribution in [2.24, 2.45) is 5.92 Å². The molecule has 1 saturated carbocycles. The first-order chi connectivity index (χ1) is 8.61. The second-order valence-electron chi connectivity index (χ2n) is 5.62. The average molecular weight is 245 g/mol. The Labute approximate surface area is 108 Å². The molecule has 2 atom stereocenters. The first kappa shape index (κ1) is 11.6. The Morgan fingerprint density at radius 2 is 2.17 bits per heavy atom. The largest absolute Gasteiger partial charge is 0.495 e. The number of hydrogen-bond acceptors (Lipinski definition) is 2. The maximum Gasteiger partial charge on any atom is 0.227 e. The Kier molecular flexibility index (Phi) is 2.58. The molecule has 1 saturated heterocycles. The van der Waals surface area contributed by atoms with E-state index in [2.05, 4.69) is 26.0 Å². The predicted molar refractivity (Wildman–Crippen MR) is 71.1 cm³/mol. The topological polar surface area (TPSA) is 29.5 Å². The van der Waals surface area contributed by atoms with E-state index in [1.54, 1.807) is 7.11 Å². The number of piperidine rings is 1. The van der Waals surface area contributed by atoms with Crippen LogP contribution in [-0.2, 0) is 4.79 Å². The van der Waals surface area contributed by atoms with Gasteiger partial charge in [-0.05, 0) is 36.0 Å². The standard InChI is InChI=1S/C15H19NO2/c1-9(2)10-4-5-14(18-3)13(6-10)16-12-7-11(12)8-15(16)17/h4-6,9,11-12H,7-8H2,1-3H3. The van der Waals surface area contributed by atoms with Crippen LogP contribution in [0.4, 0.5) is 5.69 Å². The number of hydrogen-bond donors (Lipinski definition) is 0. The molecule has 1 aromatic carbocycles. The second-order valence-corrected chi connectivity index (χ2v) is 5.62. The molecule has 0 aromatic heterocycles. The summed E-state index contributed by atoms with van der Waals surface area (Å²) in [6, 6.07) is 6.60. The van der Waals surface area contributed by atoms with Crippen LogP contribution in [0.5, 0.6) is 5.75 Å². The fourth-order valence-electron chi connectivity index (χ4n) is 2.84. The molecule has 96 valence electrons. The maximum atomic E-state index is 12.0. The van der Waals surface area contributed by atoms with Gasteiger partial charge >= 0.3 is 0 Å². The molecule has 0 spiro atoms. The highest BCUT2D eigenvalue weighted by Gasteiger charge is 2.52. The summed E-state index contributed by atoms with van der Waals surface area (Å²) in [7, 11) is 1.67. The average Bonchev–Trinajstić information content (AvgIpc) is 3.01. The van der Waals surface area contributed by atoms with Crippen LogP contribution in [0.3, 0.4) is 0 Å². The van der Waals surface area contributed by atoms with Crippen molar-refractivity contribution in [1.82, 2.24) is 0 Å². The number of anilines is 1. The molecule has 0 N–H and O–H groups in total. The second kappa shape index (κ2) is 4.01. The van der Waals surface area contributed by atoms with E-state index in [0.717, 1.165) is 17.9 Å². The summed E-state index contributed by atoms with van der Waals surface area (Å²) < 4.78 is 5.41. The van der Waals surface area contributed by atoms with Gasteiger partial charge in [-0.15, -0.1) is 0 Å². The van der Waals surface area contributed by atoms with E-state index in [-0.39, 0.29) is 5.91 Å². The molecular formula is C15H19NO2. The number of methoxy groups -OCH3 is 1. The van der Waals surface area contributed by atoms with Crippen molar-refractivity contribution in [3.8, 4) is 5.75 Å². The molecule has 2 unspecified atom stereocenters. The summed E-state index contributed by atoms with van der Waals surface area (Å²) in [4.78, 5) is 14.0. The molecule has 1 aliphatic heterocycles. The molecular weight excluding hydrogens is 226 g/mol. The van der Waals surface area contributed by atoms with E-state index in [1.807, 2.05) is 11.0 Å². The number of ether oxygens (including phenoxy) is 1. The van der Waals surface area contributed by atoms with Gasteiger partial charge in [0.05, 0.1) is 12.8 Å². The third-order valence-electron chi connectivity index (χ3n) is 4.05. The number of fused-ring (bicyclic) bond motifs is 1. The number of amides is 1. The highest BCUT2D eigenvalue weighted by molar-refractivity contribution is 5.99. The van der Waals surface area contributed by atoms with E-state index in [9.17, 15) is 4.79 Å². The minimum atomic E-state index is 0.246. The van der Waals surface area contributed by atoms with Gasteiger partial charge in [0.2, 0.25) is 5.91 Å². The molecule has 1 aliphatic carbocycles. The lowest BCUT2D eigenvalue weighted by Crippen LogP contribution is -2.28. The van der Waals surface area contributed by atoms with E-state index >= 15 is 0 Å². The lowest BCUT2D eigenvalue weighted by molar-refractivity contribution is -0.117. The number of carbonyl (C=O) groups excluding carboxylic acids is 1. The van der Waals surface area contributed by atoms with Gasteiger partial charge in [0, 0.05) is 12.5 Å². The van der Waals surface area contributed by atoms with Crippen LogP contribution in [0.25, 0.3) is 0 Å². The molecule has 3 rings (SSSR count). The van der Waals surface area contributed by atoms with Crippen molar-refractivity contribution in [3.05, 3.63) is 23.8 Å². The maximum absolute atomic E-state index is 12.0. The molecule has 3 heteroatoms. The van der Waals surface area contributed by atoms with Gasteiger partial charge in [0.25, 0.3) is 0 Å². The zero-order valence-corrected chi connectivity index (χ0v) is 11.1. The smallest absolute Gasteiger partial charge is 0.227 e. The molecule has 2 fully saturated rings. The molecule has 18 heavy (non-hydrogen) atoms. The van der Waals surface area contributed by atoms with Crippen molar-refractivity contribution < 1.29 is 9.53 Å². The van der Waals surface area contributed by atoms with Crippen molar-refractivity contribution in [2.75, 3.05) is 12.0 Å². The molecule has 0 radical (unpaired) electrons. The zero-order valence-electron chi connectivity index (χ0n) is 11.1. The normalized spacial score (nSPS) is 25.6. The van der Waals surface area contributed by atoms with Crippen molar-refractivity contribution >= 4 is 11.6 Å². The number of nitrogens with zero attached hydrogens (tertiary/aromatic N) is 1. The third kappa shape index (κ3) is 1.69. The molecule has 1 amide bonds. The summed E-state index contributed by atoms with van der Waals surface area (Å²) in [5.41, 5.74) is 2.21. The van der Waals surface area contributed by atoms with Crippen LogP contribution in [0.2, 0.25) is 0 Å². The molecule has 2 aliphatic rings. The Bertz CT molecular complexity index is 495. The Hall–Kier alpha value is -1.51. The van der Waals surface area contributed by atoms with Crippen molar-refractivity contribution in [3.63, 3.8) is 0 Å². The highest BCUT2D eigenvalue weighted by Crippen LogP contribution is 2.49. The number of carbonyl (C=O) groups is 1. The monoisotopic (exact) mass is 245 g/mol. The summed E-state index contributed by atoms with van der Waals surface area (Å²) in [6.45, 7) is 4.33. The fourth-order valence-corrected chi connectivity index (χ4v) is 2.84. The van der Waals surface area contributed by atoms with Crippen LogP contribution in [0.1, 0.15) is 38.2 Å². The van der Waals surface area contributed by atoms with Crippen LogP contribution in [-0.4, -0.2) is 19.1 Å². The van der Waals surface area contributed by atoms with Gasteiger partial charge < -0.3 is 9.64 Å². The predicted octanol–water partition coefficient (Wildman–Crippen LogP) is 2.94. The van der Waals surface area contributed by atoms with Gasteiger partial charge in [-0.2, -0.15) is 0 Å². The lowest BCUT2D eigenvalue weighted by Gasteiger charge is -2.22. The Morgan fingerprint density at radius 3 is 2.72 bits per heavy atom. The van der Waals surface area contributed by atoms with E-state index < -0.39 is 0 Å². The Morgan fingerprint density at radius 1 is 1.39 bits per heavy atom. The van der Waals surface area contributed by atoms with Crippen LogP contribution < -0.4 is 9.64 Å². The first-order valence-electron chi connectivity index (χ1n) is 6.61. The van der Waals surface area contributed by atoms with Crippen molar-refractivity contribution in [1.29, 1.82) is 0 Å². The van der Waals surface area contributed by atoms with Crippen LogP contribution in [0, 0.1) is 5.92 Å². The van der Waals surface area contributed by atoms with Gasteiger partial charge in [-0.3, -0.25) is 4.79 Å². The minimum Gasteiger partial charge on any atom is -0.495 e. The lowest BCUT2D eigenvalue weighted by atomic mass is 10.0. The Balaban J connectivity index is 2.03. The van der Waals surface area contributed by atoms with E-state index in [4.69, 9.17) is 4.74 Å². The van der Waals surface area contributed by atoms with E-state index in [1.165, 1.54) is 5.56 Å². The summed E-state index contributed by atoms with van der Waals surface area (Å²) >= 11 is 0. The highest BCUT2D eigenvalue weighted by atomic mass is 16.5. The number of rotatable bonds is 3. The molecule has 1 heterocycles. The zero-order chi connectivity index (χ0) is 12.9. The third-order valence-corrected chi connectivity index (χ3v) is 4.05. The van der Waals surface area contributed by atoms with Crippen LogP contribution in [0.15, 0.2) is 18.2 Å². The van der Waals surface area contributed by atoms with Gasteiger partial charge in [0.1, 0.15) is 5.75 Å². The molecule has 1 aromatic rings. The summed E-state index contributed by atoms with van der Waals surface area (Å²) in [6.07, 6.45) is 1.86. The first-order valence-corrected chi connectivity index (χ1v) is 6.61. The van der Waals surface area contributed by atoms with Gasteiger partial charge in [-0.1, -0.05) is 19.9 Å². The van der Waals surface area contributed by atoms with Gasteiger partial charge in [0.15, 0.2) is 0 Å². The minimum absolute atomic E-state index is 0.246. The SMILES string of the molecule is COc1ccc(C(C)C)cc1N1C(=O)CC2CC21.